The average molecular weight is 413 g/mol. The Kier molecular flexibility index (Phi) is 5.75. The maximum absolute atomic E-state index is 12.1. The van der Waals surface area contributed by atoms with Crippen LogP contribution in [0, 0.1) is 0 Å². The number of halogens is 2. The molecule has 1 amide bonds. The van der Waals surface area contributed by atoms with E-state index in [4.69, 9.17) is 23.2 Å². The summed E-state index contributed by atoms with van der Waals surface area (Å²) in [5.41, 5.74) is 2.06. The third-order valence-corrected chi connectivity index (χ3v) is 6.92. The maximum atomic E-state index is 12.1. The number of benzene rings is 2. The number of aryl methyl sites for hydroxylation is 1. The molecule has 138 valence electrons. The van der Waals surface area contributed by atoms with E-state index in [0.29, 0.717) is 40.8 Å². The molecule has 1 fully saturated rings. The lowest BCUT2D eigenvalue weighted by Crippen LogP contribution is -2.25. The van der Waals surface area contributed by atoms with Gasteiger partial charge in [-0.3, -0.25) is 9.10 Å². The lowest BCUT2D eigenvalue weighted by molar-refractivity contribution is -0.116. The van der Waals surface area contributed by atoms with Gasteiger partial charge in [0, 0.05) is 18.7 Å². The van der Waals surface area contributed by atoms with Gasteiger partial charge >= 0.3 is 0 Å². The number of nitrogens with zero attached hydrogens (tertiary/aromatic N) is 1. The van der Waals surface area contributed by atoms with Gasteiger partial charge in [0.15, 0.2) is 0 Å². The third-order valence-electron chi connectivity index (χ3n) is 4.19. The second kappa shape index (κ2) is 7.86. The highest BCUT2D eigenvalue weighted by Gasteiger charge is 2.28. The molecule has 1 heterocycles. The first-order valence-electron chi connectivity index (χ1n) is 8.20. The largest absolute Gasteiger partial charge is 0.326 e. The van der Waals surface area contributed by atoms with Gasteiger partial charge in [0.1, 0.15) is 0 Å². The number of carbonyl (C=O) groups is 1. The van der Waals surface area contributed by atoms with Crippen molar-refractivity contribution in [2.45, 2.75) is 19.3 Å². The van der Waals surface area contributed by atoms with Gasteiger partial charge < -0.3 is 5.32 Å². The number of carbonyl (C=O) groups excluding carboxylic acids is 1. The van der Waals surface area contributed by atoms with E-state index in [2.05, 4.69) is 5.32 Å². The van der Waals surface area contributed by atoms with E-state index in [9.17, 15) is 13.2 Å². The quantitative estimate of drug-likeness (QED) is 0.803. The third kappa shape index (κ3) is 4.31. The summed E-state index contributed by atoms with van der Waals surface area (Å²) in [5, 5.41) is 3.74. The van der Waals surface area contributed by atoms with Gasteiger partial charge in [0.2, 0.25) is 15.9 Å². The Morgan fingerprint density at radius 3 is 2.50 bits per heavy atom. The Morgan fingerprint density at radius 2 is 1.85 bits per heavy atom. The van der Waals surface area contributed by atoms with Crippen LogP contribution in [-0.2, 0) is 21.2 Å². The molecule has 0 aliphatic carbocycles. The minimum atomic E-state index is -3.20. The van der Waals surface area contributed by atoms with Gasteiger partial charge in [-0.05, 0) is 48.7 Å². The van der Waals surface area contributed by atoms with Gasteiger partial charge in [0.25, 0.3) is 0 Å². The molecule has 1 aliphatic rings. The number of hydrogen-bond acceptors (Lipinski definition) is 3. The van der Waals surface area contributed by atoms with Gasteiger partial charge in [-0.1, -0.05) is 35.3 Å². The van der Waals surface area contributed by atoms with Crippen molar-refractivity contribution in [2.24, 2.45) is 0 Å². The minimum Gasteiger partial charge on any atom is -0.326 e. The smallest absolute Gasteiger partial charge is 0.235 e. The molecule has 0 aromatic heterocycles. The molecule has 2 aromatic rings. The first kappa shape index (κ1) is 19.0. The fourth-order valence-corrected chi connectivity index (χ4v) is 4.83. The number of rotatable bonds is 5. The van der Waals surface area contributed by atoms with Crippen LogP contribution in [0.5, 0.6) is 0 Å². The van der Waals surface area contributed by atoms with Crippen LogP contribution in [0.3, 0.4) is 0 Å². The molecule has 2 aromatic carbocycles. The summed E-state index contributed by atoms with van der Waals surface area (Å²) in [5.74, 6) is 0.0277. The summed E-state index contributed by atoms with van der Waals surface area (Å²) in [6.45, 7) is 0.494. The van der Waals surface area contributed by atoms with Crippen LogP contribution in [0.2, 0.25) is 10.0 Å². The second-order valence-electron chi connectivity index (χ2n) is 6.05. The van der Waals surface area contributed by atoms with Gasteiger partial charge in [-0.15, -0.1) is 0 Å². The molecule has 8 heteroatoms. The SMILES string of the molecule is O=C(CCc1cccc(Cl)c1Cl)Nc1ccc(N2CCCS2(=O)=O)cc1. The molecule has 0 unspecified atom stereocenters. The normalized spacial score (nSPS) is 15.8. The number of sulfonamides is 1. The summed E-state index contributed by atoms with van der Waals surface area (Å²) in [4.78, 5) is 12.1. The van der Waals surface area contributed by atoms with Crippen LogP contribution in [-0.4, -0.2) is 26.6 Å². The molecular formula is C18H18Cl2N2O3S. The number of amides is 1. The molecule has 0 spiro atoms. The molecular weight excluding hydrogens is 395 g/mol. The molecule has 0 bridgehead atoms. The van der Waals surface area contributed by atoms with Crippen molar-refractivity contribution in [3.8, 4) is 0 Å². The van der Waals surface area contributed by atoms with E-state index in [0.717, 1.165) is 5.56 Å². The zero-order chi connectivity index (χ0) is 18.7. The molecule has 3 rings (SSSR count). The Balaban J connectivity index is 1.59. The molecule has 0 saturated carbocycles. The Hall–Kier alpha value is -1.76. The zero-order valence-electron chi connectivity index (χ0n) is 13.9. The first-order valence-corrected chi connectivity index (χ1v) is 10.6. The molecule has 1 saturated heterocycles. The summed E-state index contributed by atoms with van der Waals surface area (Å²) < 4.78 is 25.3. The van der Waals surface area contributed by atoms with Crippen molar-refractivity contribution in [1.82, 2.24) is 0 Å². The maximum Gasteiger partial charge on any atom is 0.235 e. The van der Waals surface area contributed by atoms with Crippen molar-refractivity contribution >= 4 is 50.5 Å². The fourth-order valence-electron chi connectivity index (χ4n) is 2.85. The Bertz CT molecular complexity index is 915. The zero-order valence-corrected chi connectivity index (χ0v) is 16.2. The Morgan fingerprint density at radius 1 is 1.12 bits per heavy atom. The topological polar surface area (TPSA) is 66.5 Å². The second-order valence-corrected chi connectivity index (χ2v) is 8.85. The predicted molar refractivity (Wildman–Crippen MR) is 106 cm³/mol. The molecule has 1 aliphatic heterocycles. The van der Waals surface area contributed by atoms with Crippen molar-refractivity contribution in [1.29, 1.82) is 0 Å². The standard InChI is InChI=1S/C18H18Cl2N2O3S/c19-16-4-1-3-13(18(16)20)5-10-17(23)21-14-6-8-15(9-7-14)22-11-2-12-26(22,24)25/h1,3-4,6-9H,2,5,10-12H2,(H,21,23). The molecule has 26 heavy (non-hydrogen) atoms. The Labute approximate surface area is 163 Å². The lowest BCUT2D eigenvalue weighted by Gasteiger charge is -2.17. The van der Waals surface area contributed by atoms with Crippen molar-refractivity contribution < 1.29 is 13.2 Å². The molecule has 0 atom stereocenters. The highest BCUT2D eigenvalue weighted by molar-refractivity contribution is 7.93. The molecule has 5 nitrogen and oxygen atoms in total. The van der Waals surface area contributed by atoms with E-state index >= 15 is 0 Å². The van der Waals surface area contributed by atoms with Gasteiger partial charge in [0.05, 0.1) is 21.5 Å². The number of hydrogen-bond donors (Lipinski definition) is 1. The summed E-state index contributed by atoms with van der Waals surface area (Å²) in [7, 11) is -3.20. The molecule has 1 N–H and O–H groups in total. The van der Waals surface area contributed by atoms with Crippen LogP contribution in [0.15, 0.2) is 42.5 Å². The first-order chi connectivity index (χ1) is 12.4. The predicted octanol–water partition coefficient (Wildman–Crippen LogP) is 4.10. The number of nitrogens with one attached hydrogen (secondary N) is 1. The minimum absolute atomic E-state index is 0.150. The monoisotopic (exact) mass is 412 g/mol. The average Bonchev–Trinajstić information content (AvgIpc) is 2.96. The van der Waals surface area contributed by atoms with Crippen LogP contribution < -0.4 is 9.62 Å². The van der Waals surface area contributed by atoms with Crippen LogP contribution in [0.4, 0.5) is 11.4 Å². The summed E-state index contributed by atoms with van der Waals surface area (Å²) >= 11 is 12.1. The van der Waals surface area contributed by atoms with E-state index < -0.39 is 10.0 Å². The van der Waals surface area contributed by atoms with Crippen LogP contribution in [0.25, 0.3) is 0 Å². The highest BCUT2D eigenvalue weighted by atomic mass is 35.5. The van der Waals surface area contributed by atoms with Crippen molar-refractivity contribution in [2.75, 3.05) is 21.9 Å². The fraction of sp³-hybridized carbons (Fsp3) is 0.278. The highest BCUT2D eigenvalue weighted by Crippen LogP contribution is 2.27. The van der Waals surface area contributed by atoms with Gasteiger partial charge in [-0.2, -0.15) is 0 Å². The van der Waals surface area contributed by atoms with E-state index in [1.165, 1.54) is 4.31 Å². The number of anilines is 2. The summed E-state index contributed by atoms with van der Waals surface area (Å²) in [6, 6.07) is 12.1. The van der Waals surface area contributed by atoms with E-state index in [-0.39, 0.29) is 18.1 Å². The molecule has 0 radical (unpaired) electrons. The van der Waals surface area contributed by atoms with E-state index in [1.54, 1.807) is 36.4 Å². The summed E-state index contributed by atoms with van der Waals surface area (Å²) in [6.07, 6.45) is 1.38. The lowest BCUT2D eigenvalue weighted by atomic mass is 10.1. The van der Waals surface area contributed by atoms with Crippen molar-refractivity contribution in [3.63, 3.8) is 0 Å². The van der Waals surface area contributed by atoms with Gasteiger partial charge in [-0.25, -0.2) is 8.42 Å². The van der Waals surface area contributed by atoms with Crippen LogP contribution in [0.1, 0.15) is 18.4 Å². The van der Waals surface area contributed by atoms with Crippen molar-refractivity contribution in [3.05, 3.63) is 58.1 Å². The van der Waals surface area contributed by atoms with E-state index in [1.807, 2.05) is 6.07 Å². The van der Waals surface area contributed by atoms with Crippen LogP contribution >= 0.6 is 23.2 Å².